The molecule has 1 radical (unpaired) electrons. The van der Waals surface area contributed by atoms with Crippen molar-refractivity contribution in [3.8, 4) is 0 Å². The molecule has 47 valence electrons. The summed E-state index contributed by atoms with van der Waals surface area (Å²) in [7, 11) is -2.32. The molecule has 0 amide bonds. The van der Waals surface area contributed by atoms with E-state index in [1.165, 1.54) is 13.8 Å². The first-order valence-corrected chi connectivity index (χ1v) is 3.20. The highest BCUT2D eigenvalue weighted by Crippen LogP contribution is 1.94. The summed E-state index contributed by atoms with van der Waals surface area (Å²) in [6.07, 6.45) is 0. The number of hydrogen-bond acceptors (Lipinski definition) is 2. The van der Waals surface area contributed by atoms with Crippen LogP contribution < -0.4 is 0 Å². The largest absolute Gasteiger partial charge is 0.224 e. The van der Waals surface area contributed by atoms with E-state index in [0.717, 1.165) is 0 Å². The average molecular weight is 135 g/mol. The Bertz CT molecular complexity index is 174. The quantitative estimate of drug-likeness (QED) is 0.470. The highest BCUT2D eigenvalue weighted by atomic mass is 32.2. The molecule has 0 aromatic carbocycles. The van der Waals surface area contributed by atoms with Crippen molar-refractivity contribution in [1.29, 1.82) is 0 Å². The second-order valence-electron chi connectivity index (χ2n) is 1.98. The van der Waals surface area contributed by atoms with Gasteiger partial charge in [-0.3, -0.25) is 0 Å². The molecule has 0 N–H and O–H groups in total. The first-order valence-electron chi connectivity index (χ1n) is 2.06. The van der Waals surface area contributed by atoms with Crippen molar-refractivity contribution in [2.75, 3.05) is 0 Å². The van der Waals surface area contributed by atoms with E-state index in [1.54, 1.807) is 0 Å². The second-order valence-corrected chi connectivity index (χ2v) is 2.74. The van der Waals surface area contributed by atoms with Crippen LogP contribution in [0.4, 0.5) is 0 Å². The van der Waals surface area contributed by atoms with E-state index >= 15 is 0 Å². The Morgan fingerprint density at radius 2 is 1.75 bits per heavy atom. The van der Waals surface area contributed by atoms with Crippen LogP contribution in [-0.4, -0.2) is 19.4 Å². The van der Waals surface area contributed by atoms with Gasteiger partial charge in [0.05, 0.1) is 5.37 Å². The van der Waals surface area contributed by atoms with E-state index in [2.05, 4.69) is 0 Å². The minimum Gasteiger partial charge on any atom is -0.224 e. The van der Waals surface area contributed by atoms with Crippen molar-refractivity contribution < 1.29 is 13.5 Å². The molecule has 0 aliphatic carbocycles. The van der Waals surface area contributed by atoms with E-state index < -0.39 is 15.9 Å². The zero-order valence-corrected chi connectivity index (χ0v) is 5.53. The Morgan fingerprint density at radius 1 is 1.38 bits per heavy atom. The highest BCUT2D eigenvalue weighted by Gasteiger charge is 2.10. The Balaban J connectivity index is 4.34. The van der Waals surface area contributed by atoms with Crippen LogP contribution >= 0.6 is 0 Å². The summed E-state index contributed by atoms with van der Waals surface area (Å²) < 4.78 is 19.5. The van der Waals surface area contributed by atoms with Gasteiger partial charge in [0.2, 0.25) is 10.3 Å². The molecule has 0 fully saturated rings. The maximum absolute atomic E-state index is 10.5. The lowest BCUT2D eigenvalue weighted by Crippen LogP contribution is -2.18. The van der Waals surface area contributed by atoms with Crippen LogP contribution in [0.2, 0.25) is 0 Å². The van der Waals surface area contributed by atoms with E-state index in [4.69, 9.17) is 0 Å². The summed E-state index contributed by atoms with van der Waals surface area (Å²) in [5, 5.41) is 11.2. The van der Waals surface area contributed by atoms with Crippen LogP contribution in [0.15, 0.2) is 0 Å². The fourth-order valence-corrected chi connectivity index (χ4v) is 0.695. The number of rotatable bonds is 1. The van der Waals surface area contributed by atoms with Gasteiger partial charge >= 0.3 is 0 Å². The molecule has 0 saturated heterocycles. The van der Waals surface area contributed by atoms with Crippen LogP contribution in [-0.2, 0) is 15.4 Å². The second kappa shape index (κ2) is 2.28. The summed E-state index contributed by atoms with van der Waals surface area (Å²) in [5.41, 5.74) is -1.47. The molecular weight excluding hydrogens is 128 g/mol. The van der Waals surface area contributed by atoms with Gasteiger partial charge in [-0.1, -0.05) is 0 Å². The first-order chi connectivity index (χ1) is 3.42. The lowest BCUT2D eigenvalue weighted by atomic mass is 10.2. The van der Waals surface area contributed by atoms with Gasteiger partial charge in [0.1, 0.15) is 5.60 Å². The molecule has 0 aliphatic rings. The van der Waals surface area contributed by atoms with Crippen LogP contribution in [0.5, 0.6) is 0 Å². The lowest BCUT2D eigenvalue weighted by molar-refractivity contribution is 0.0737. The molecule has 0 atom stereocenters. The molecule has 4 heteroatoms. The van der Waals surface area contributed by atoms with Crippen LogP contribution in [0.3, 0.4) is 0 Å². The molecule has 0 aromatic heterocycles. The topological polar surface area (TPSA) is 54.0 Å². The van der Waals surface area contributed by atoms with Crippen LogP contribution in [0, 0.1) is 0 Å². The SMILES string of the molecule is CC(C)([O])C=S(=O)=O. The molecule has 0 spiro atoms. The van der Waals surface area contributed by atoms with Gasteiger partial charge in [0.25, 0.3) is 0 Å². The number of hydrogen-bond donors (Lipinski definition) is 0. The Morgan fingerprint density at radius 3 is 1.75 bits per heavy atom. The molecule has 3 nitrogen and oxygen atoms in total. The smallest absolute Gasteiger partial charge is 0.213 e. The van der Waals surface area contributed by atoms with Crippen molar-refractivity contribution in [2.24, 2.45) is 0 Å². The monoisotopic (exact) mass is 135 g/mol. The van der Waals surface area contributed by atoms with Crippen molar-refractivity contribution >= 4 is 15.7 Å². The lowest BCUT2D eigenvalue weighted by Gasteiger charge is -2.00. The summed E-state index contributed by atoms with van der Waals surface area (Å²) in [5.74, 6) is 0. The van der Waals surface area contributed by atoms with Crippen molar-refractivity contribution in [1.82, 2.24) is 0 Å². The average Bonchev–Trinajstić information content (AvgIpc) is 1.21. The molecule has 0 bridgehead atoms. The standard InChI is InChI=1S/C4H7O3S/c1-4(2,5)3-8(6)7/h3H,1-2H3. The van der Waals surface area contributed by atoms with Gasteiger partial charge in [-0.15, -0.1) is 0 Å². The molecular formula is C4H7O3S. The van der Waals surface area contributed by atoms with E-state index in [1.807, 2.05) is 0 Å². The van der Waals surface area contributed by atoms with Gasteiger partial charge in [-0.25, -0.2) is 5.11 Å². The third kappa shape index (κ3) is 5.65. The summed E-state index contributed by atoms with van der Waals surface area (Å²) in [6, 6.07) is 0. The summed E-state index contributed by atoms with van der Waals surface area (Å²) >= 11 is 0. The van der Waals surface area contributed by atoms with Gasteiger partial charge in [-0.05, 0) is 13.8 Å². The molecule has 0 rings (SSSR count). The van der Waals surface area contributed by atoms with Gasteiger partial charge < -0.3 is 0 Å². The Hall–Kier alpha value is -0.350. The van der Waals surface area contributed by atoms with Gasteiger partial charge in [0, 0.05) is 0 Å². The van der Waals surface area contributed by atoms with E-state index in [-0.39, 0.29) is 0 Å². The highest BCUT2D eigenvalue weighted by molar-refractivity contribution is 7.71. The van der Waals surface area contributed by atoms with Crippen LogP contribution in [0.25, 0.3) is 0 Å². The van der Waals surface area contributed by atoms with Gasteiger partial charge in [-0.2, -0.15) is 8.42 Å². The molecule has 0 saturated carbocycles. The van der Waals surface area contributed by atoms with Crippen molar-refractivity contribution in [3.05, 3.63) is 0 Å². The zero-order valence-electron chi connectivity index (χ0n) is 4.71. The normalized spacial score (nSPS) is 10.9. The third-order valence-corrected chi connectivity index (χ3v) is 1.14. The Labute approximate surface area is 49.5 Å². The molecule has 0 heterocycles. The molecule has 0 aromatic rings. The van der Waals surface area contributed by atoms with E-state index in [9.17, 15) is 13.5 Å². The summed E-state index contributed by atoms with van der Waals surface area (Å²) in [6.45, 7) is 2.56. The third-order valence-electron chi connectivity index (χ3n) is 0.380. The maximum Gasteiger partial charge on any atom is 0.213 e. The van der Waals surface area contributed by atoms with Crippen LogP contribution in [0.1, 0.15) is 13.8 Å². The summed E-state index contributed by atoms with van der Waals surface area (Å²) in [4.78, 5) is 0. The zero-order chi connectivity index (χ0) is 6.78. The van der Waals surface area contributed by atoms with Crippen molar-refractivity contribution in [3.63, 3.8) is 0 Å². The molecule has 0 aliphatic heterocycles. The first kappa shape index (κ1) is 7.65. The molecule has 8 heavy (non-hydrogen) atoms. The fraction of sp³-hybridized carbons (Fsp3) is 0.750. The van der Waals surface area contributed by atoms with Gasteiger partial charge in [0.15, 0.2) is 0 Å². The minimum absolute atomic E-state index is 0.715. The maximum atomic E-state index is 10.5. The van der Waals surface area contributed by atoms with E-state index in [0.29, 0.717) is 5.37 Å². The predicted molar refractivity (Wildman–Crippen MR) is 29.7 cm³/mol. The Kier molecular flexibility index (Phi) is 2.18. The molecule has 0 unspecified atom stereocenters. The fourth-order valence-electron chi connectivity index (χ4n) is 0.232. The van der Waals surface area contributed by atoms with Crippen molar-refractivity contribution in [2.45, 2.75) is 19.4 Å². The minimum atomic E-state index is -2.32. The predicted octanol–water partition coefficient (Wildman–Crippen LogP) is -0.123.